The van der Waals surface area contributed by atoms with E-state index in [9.17, 15) is 45.5 Å². The average Bonchev–Trinajstić information content (AvgIpc) is 3.40. The number of carboxylic acids is 1. The van der Waals surface area contributed by atoms with Gasteiger partial charge in [0.25, 0.3) is 15.7 Å². The van der Waals surface area contributed by atoms with E-state index in [1.807, 2.05) is 0 Å². The summed E-state index contributed by atoms with van der Waals surface area (Å²) in [7, 11) is -4.40. The van der Waals surface area contributed by atoms with Crippen molar-refractivity contribution in [1.29, 1.82) is 0 Å². The Morgan fingerprint density at radius 3 is 2.38 bits per heavy atom. The highest BCUT2D eigenvalue weighted by atomic mass is 32.2. The van der Waals surface area contributed by atoms with Crippen molar-refractivity contribution in [3.63, 3.8) is 0 Å². The van der Waals surface area contributed by atoms with Gasteiger partial charge in [-0.15, -0.1) is 0 Å². The molecule has 2 amide bonds. The zero-order valence-electron chi connectivity index (χ0n) is 21.9. The van der Waals surface area contributed by atoms with Crippen LogP contribution >= 0.6 is 0 Å². The summed E-state index contributed by atoms with van der Waals surface area (Å²) in [6, 6.07) is 10.7. The molecule has 1 aliphatic carbocycles. The van der Waals surface area contributed by atoms with Crippen molar-refractivity contribution in [2.24, 2.45) is 5.92 Å². The SMILES string of the molecule is COc1cc(F)c(-c2cccc(C(=O)O)c2)cc1C(=O)N[C@@H]1CCC[C@@H]1C(=O)Nc1cccc(S(=O)(=O)C(F)(F)F)c1. The van der Waals surface area contributed by atoms with E-state index in [0.717, 1.165) is 18.2 Å². The molecule has 0 radical (unpaired) electrons. The van der Waals surface area contributed by atoms with Gasteiger partial charge in [-0.1, -0.05) is 24.6 Å². The van der Waals surface area contributed by atoms with Gasteiger partial charge in [-0.25, -0.2) is 17.6 Å². The van der Waals surface area contributed by atoms with Gasteiger partial charge >= 0.3 is 11.5 Å². The van der Waals surface area contributed by atoms with Crippen LogP contribution in [0, 0.1) is 11.7 Å². The lowest BCUT2D eigenvalue weighted by molar-refractivity contribution is -0.120. The fourth-order valence-electron chi connectivity index (χ4n) is 4.74. The van der Waals surface area contributed by atoms with Gasteiger partial charge in [0.2, 0.25) is 5.91 Å². The van der Waals surface area contributed by atoms with E-state index < -0.39 is 55.8 Å². The number of carboxylic acid groups (broad SMARTS) is 1. The smallest absolute Gasteiger partial charge is 0.496 e. The highest BCUT2D eigenvalue weighted by Crippen LogP contribution is 2.34. The molecule has 42 heavy (non-hydrogen) atoms. The average molecular weight is 609 g/mol. The molecule has 3 aromatic rings. The number of alkyl halides is 3. The number of carbonyl (C=O) groups is 3. The summed E-state index contributed by atoms with van der Waals surface area (Å²) >= 11 is 0. The Bertz CT molecular complexity index is 1660. The Kier molecular flexibility index (Phi) is 8.57. The van der Waals surface area contributed by atoms with Crippen LogP contribution in [0.5, 0.6) is 5.75 Å². The molecule has 0 spiro atoms. The minimum atomic E-state index is -5.63. The van der Waals surface area contributed by atoms with Crippen molar-refractivity contribution in [3.8, 4) is 16.9 Å². The molecule has 14 heteroatoms. The number of hydrogen-bond acceptors (Lipinski definition) is 6. The molecule has 4 rings (SSSR count). The summed E-state index contributed by atoms with van der Waals surface area (Å²) in [5.41, 5.74) is -5.71. The maximum atomic E-state index is 14.9. The standard InChI is InChI=1S/C28H24F4N2O7S/c1-41-24-14-22(29)20(15-5-2-6-16(11-15)27(37)38)13-21(24)26(36)34-23-10-4-9-19(23)25(35)33-17-7-3-8-18(12-17)42(39,40)28(30,31)32/h2-3,5-8,11-14,19,23H,4,9-10H2,1H3,(H,33,35)(H,34,36)(H,37,38)/t19-,23+/m0/s1. The Morgan fingerprint density at radius 2 is 1.71 bits per heavy atom. The third-order valence-corrected chi connectivity index (χ3v) is 8.32. The normalized spacial score (nSPS) is 17.0. The summed E-state index contributed by atoms with van der Waals surface area (Å²) in [5.74, 6) is -4.25. The van der Waals surface area contributed by atoms with Gasteiger partial charge in [-0.3, -0.25) is 9.59 Å². The number of aromatic carboxylic acids is 1. The minimum absolute atomic E-state index is 0.0570. The van der Waals surface area contributed by atoms with Gasteiger partial charge < -0.3 is 20.5 Å². The molecule has 3 N–H and O–H groups in total. The Balaban J connectivity index is 1.55. The third kappa shape index (κ3) is 6.22. The lowest BCUT2D eigenvalue weighted by atomic mass is 9.98. The Labute approximate surface area is 237 Å². The summed E-state index contributed by atoms with van der Waals surface area (Å²) in [4.78, 5) is 36.7. The lowest BCUT2D eigenvalue weighted by Crippen LogP contribution is -2.42. The van der Waals surface area contributed by atoms with Gasteiger partial charge in [-0.2, -0.15) is 13.2 Å². The molecule has 0 saturated heterocycles. The molecule has 0 unspecified atom stereocenters. The van der Waals surface area contributed by atoms with Crippen LogP contribution in [0.1, 0.15) is 40.0 Å². The van der Waals surface area contributed by atoms with E-state index in [0.29, 0.717) is 25.3 Å². The molecule has 222 valence electrons. The van der Waals surface area contributed by atoms with Gasteiger partial charge in [0.05, 0.1) is 29.1 Å². The van der Waals surface area contributed by atoms with Crippen LogP contribution in [0.25, 0.3) is 11.1 Å². The highest BCUT2D eigenvalue weighted by Gasteiger charge is 2.47. The van der Waals surface area contributed by atoms with E-state index in [2.05, 4.69) is 10.6 Å². The second-order valence-electron chi connectivity index (χ2n) is 9.50. The van der Waals surface area contributed by atoms with Crippen LogP contribution in [-0.4, -0.2) is 50.0 Å². The number of nitrogens with one attached hydrogen (secondary N) is 2. The number of amides is 2. The van der Waals surface area contributed by atoms with Crippen LogP contribution in [-0.2, 0) is 14.6 Å². The van der Waals surface area contributed by atoms with E-state index in [1.54, 1.807) is 0 Å². The van der Waals surface area contributed by atoms with Crippen LogP contribution < -0.4 is 15.4 Å². The fraction of sp³-hybridized carbons (Fsp3) is 0.250. The predicted octanol–water partition coefficient (Wildman–Crippen LogP) is 5.03. The summed E-state index contributed by atoms with van der Waals surface area (Å²) in [5, 5.41) is 14.4. The Morgan fingerprint density at radius 1 is 1.00 bits per heavy atom. The molecule has 2 atom stereocenters. The monoisotopic (exact) mass is 608 g/mol. The van der Waals surface area contributed by atoms with E-state index in [4.69, 9.17) is 4.74 Å². The van der Waals surface area contributed by atoms with Gasteiger partial charge in [-0.05, 0) is 54.8 Å². The van der Waals surface area contributed by atoms with E-state index in [1.165, 1.54) is 43.5 Å². The second kappa shape index (κ2) is 11.8. The Hall–Kier alpha value is -4.46. The van der Waals surface area contributed by atoms with Crippen molar-refractivity contribution in [2.45, 2.75) is 35.7 Å². The van der Waals surface area contributed by atoms with Gasteiger partial charge in [0, 0.05) is 23.4 Å². The predicted molar refractivity (Wildman–Crippen MR) is 142 cm³/mol. The number of benzene rings is 3. The number of carbonyl (C=O) groups excluding carboxylic acids is 2. The van der Waals surface area contributed by atoms with Crippen molar-refractivity contribution >= 4 is 33.3 Å². The molecule has 1 saturated carbocycles. The van der Waals surface area contributed by atoms with Crippen molar-refractivity contribution < 1.29 is 50.2 Å². The van der Waals surface area contributed by atoms with Crippen molar-refractivity contribution in [2.75, 3.05) is 12.4 Å². The quantitative estimate of drug-likeness (QED) is 0.305. The maximum absolute atomic E-state index is 14.9. The van der Waals surface area contributed by atoms with Gasteiger partial charge in [0.1, 0.15) is 11.6 Å². The highest BCUT2D eigenvalue weighted by molar-refractivity contribution is 7.92. The molecule has 1 fully saturated rings. The molecule has 0 heterocycles. The van der Waals surface area contributed by atoms with Crippen LogP contribution in [0.3, 0.4) is 0 Å². The van der Waals surface area contributed by atoms with Gasteiger partial charge in [0.15, 0.2) is 0 Å². The van der Waals surface area contributed by atoms with Crippen LogP contribution in [0.2, 0.25) is 0 Å². The number of halogens is 4. The number of ether oxygens (including phenoxy) is 1. The fourth-order valence-corrected chi connectivity index (χ4v) is 5.55. The maximum Gasteiger partial charge on any atom is 0.501 e. The van der Waals surface area contributed by atoms with Crippen LogP contribution in [0.4, 0.5) is 23.2 Å². The van der Waals surface area contributed by atoms with Crippen LogP contribution in [0.15, 0.2) is 65.6 Å². The molecule has 0 aromatic heterocycles. The molecular weight excluding hydrogens is 584 g/mol. The zero-order valence-corrected chi connectivity index (χ0v) is 22.7. The first-order valence-electron chi connectivity index (χ1n) is 12.5. The third-order valence-electron chi connectivity index (χ3n) is 6.84. The molecule has 9 nitrogen and oxygen atoms in total. The van der Waals surface area contributed by atoms with E-state index in [-0.39, 0.29) is 33.7 Å². The number of rotatable bonds is 8. The largest absolute Gasteiger partial charge is 0.501 e. The summed E-state index contributed by atoms with van der Waals surface area (Å²) in [6.45, 7) is 0. The minimum Gasteiger partial charge on any atom is -0.496 e. The number of methoxy groups -OCH3 is 1. The molecule has 3 aromatic carbocycles. The van der Waals surface area contributed by atoms with Crippen molar-refractivity contribution in [3.05, 3.63) is 77.6 Å². The molecular formula is C28H24F4N2O7S. The summed E-state index contributed by atoms with van der Waals surface area (Å²) in [6.07, 6.45) is 1.23. The first-order valence-corrected chi connectivity index (χ1v) is 14.0. The summed E-state index contributed by atoms with van der Waals surface area (Å²) < 4.78 is 82.5. The zero-order chi connectivity index (χ0) is 30.8. The number of sulfone groups is 1. The first-order chi connectivity index (χ1) is 19.7. The molecule has 1 aliphatic rings. The first kappa shape index (κ1) is 30.5. The number of hydrogen-bond donors (Lipinski definition) is 3. The van der Waals surface area contributed by atoms with Crippen molar-refractivity contribution in [1.82, 2.24) is 5.32 Å². The molecule has 0 bridgehead atoms. The topological polar surface area (TPSA) is 139 Å². The number of anilines is 1. The molecule has 0 aliphatic heterocycles. The lowest BCUT2D eigenvalue weighted by Gasteiger charge is -2.22. The second-order valence-corrected chi connectivity index (χ2v) is 11.4. The van der Waals surface area contributed by atoms with E-state index >= 15 is 0 Å².